The molecule has 1 unspecified atom stereocenters. The summed E-state index contributed by atoms with van der Waals surface area (Å²) < 4.78 is 0. The molecule has 1 aliphatic heterocycles. The molecule has 6 nitrogen and oxygen atoms in total. The van der Waals surface area contributed by atoms with Gasteiger partial charge in [-0.15, -0.1) is 0 Å². The molecule has 2 aromatic carbocycles. The van der Waals surface area contributed by atoms with Crippen LogP contribution in [-0.4, -0.2) is 16.6 Å². The molecule has 29 heavy (non-hydrogen) atoms. The van der Waals surface area contributed by atoms with Crippen molar-refractivity contribution in [1.82, 2.24) is 0 Å². The molecule has 7 heteroatoms. The first kappa shape index (κ1) is 19.3. The van der Waals surface area contributed by atoms with Gasteiger partial charge in [-0.2, -0.15) is 0 Å². The van der Waals surface area contributed by atoms with Gasteiger partial charge < -0.3 is 0 Å². The highest BCUT2D eigenvalue weighted by Gasteiger charge is 2.40. The monoisotopic (exact) mass is 410 g/mol. The Morgan fingerprint density at radius 3 is 2.62 bits per heavy atom. The zero-order valence-corrected chi connectivity index (χ0v) is 16.6. The number of anilines is 1. The minimum atomic E-state index is -0.481. The van der Waals surface area contributed by atoms with Gasteiger partial charge in [-0.3, -0.25) is 24.6 Å². The number of benzene rings is 2. The molecule has 0 aromatic heterocycles. The maximum absolute atomic E-state index is 13.3. The van der Waals surface area contributed by atoms with Crippen molar-refractivity contribution in [2.45, 2.75) is 38.5 Å². The number of hydrogen-bond donors (Lipinski definition) is 0. The Morgan fingerprint density at radius 1 is 1.14 bits per heavy atom. The van der Waals surface area contributed by atoms with Gasteiger partial charge in [0.2, 0.25) is 5.91 Å². The second kappa shape index (κ2) is 7.44. The first-order valence-electron chi connectivity index (χ1n) is 9.47. The minimum absolute atomic E-state index is 0.0109. The van der Waals surface area contributed by atoms with Crippen LogP contribution in [0.3, 0.4) is 0 Å². The number of halogens is 1. The summed E-state index contributed by atoms with van der Waals surface area (Å²) in [6.07, 6.45) is 1.73. The highest BCUT2D eigenvalue weighted by Crippen LogP contribution is 2.45. The molecule has 0 radical (unpaired) electrons. The largest absolute Gasteiger partial charge is 0.294 e. The van der Waals surface area contributed by atoms with Crippen molar-refractivity contribution in [3.63, 3.8) is 0 Å². The van der Waals surface area contributed by atoms with Crippen molar-refractivity contribution in [2.24, 2.45) is 0 Å². The van der Waals surface area contributed by atoms with E-state index in [4.69, 9.17) is 11.6 Å². The van der Waals surface area contributed by atoms with Crippen molar-refractivity contribution in [2.75, 3.05) is 4.90 Å². The lowest BCUT2D eigenvalue weighted by Gasteiger charge is -2.39. The molecule has 148 valence electrons. The van der Waals surface area contributed by atoms with Crippen LogP contribution in [0.5, 0.6) is 0 Å². The molecule has 0 saturated heterocycles. The average molecular weight is 411 g/mol. The SMILES string of the molecule is Cc1ccc([N+](=O)[O-])cc1N1C(=O)CC(c2ccccc2Cl)C2=C1CCCC2=O. The average Bonchev–Trinajstić information content (AvgIpc) is 2.68. The second-order valence-electron chi connectivity index (χ2n) is 7.37. The molecule has 0 fully saturated rings. The molecule has 0 spiro atoms. The third kappa shape index (κ3) is 3.34. The molecule has 0 bridgehead atoms. The van der Waals surface area contributed by atoms with Crippen molar-refractivity contribution < 1.29 is 14.5 Å². The Morgan fingerprint density at radius 2 is 1.90 bits per heavy atom. The van der Waals surface area contributed by atoms with Gasteiger partial charge in [-0.1, -0.05) is 35.9 Å². The molecule has 1 aliphatic carbocycles. The lowest BCUT2D eigenvalue weighted by atomic mass is 9.77. The second-order valence-corrected chi connectivity index (χ2v) is 7.78. The molecule has 1 heterocycles. The highest BCUT2D eigenvalue weighted by atomic mass is 35.5. The smallest absolute Gasteiger partial charge is 0.271 e. The maximum atomic E-state index is 13.3. The molecule has 1 atom stereocenters. The van der Waals surface area contributed by atoms with Gasteiger partial charge in [0.1, 0.15) is 0 Å². The Balaban J connectivity index is 1.91. The molecule has 1 amide bonds. The number of allylic oxidation sites excluding steroid dienone is 2. The number of ketones is 1. The van der Waals surface area contributed by atoms with E-state index in [1.807, 2.05) is 18.2 Å². The number of aryl methyl sites for hydroxylation is 1. The first-order chi connectivity index (χ1) is 13.9. The molecule has 2 aliphatic rings. The predicted octanol–water partition coefficient (Wildman–Crippen LogP) is 5.08. The summed E-state index contributed by atoms with van der Waals surface area (Å²) in [5, 5.41) is 11.8. The van der Waals surface area contributed by atoms with Crippen molar-refractivity contribution >= 4 is 34.7 Å². The van der Waals surface area contributed by atoms with Crippen LogP contribution in [0.2, 0.25) is 5.02 Å². The summed E-state index contributed by atoms with van der Waals surface area (Å²) in [5.41, 5.74) is 3.13. The molecule has 4 rings (SSSR count). The maximum Gasteiger partial charge on any atom is 0.271 e. The van der Waals surface area contributed by atoms with E-state index in [0.29, 0.717) is 41.2 Å². The van der Waals surface area contributed by atoms with Crippen LogP contribution in [0.1, 0.15) is 42.7 Å². The van der Waals surface area contributed by atoms with Crippen LogP contribution in [0.15, 0.2) is 53.7 Å². The van der Waals surface area contributed by atoms with Gasteiger partial charge in [-0.25, -0.2) is 0 Å². The van der Waals surface area contributed by atoms with Crippen molar-refractivity contribution in [3.8, 4) is 0 Å². The summed E-state index contributed by atoms with van der Waals surface area (Å²) in [5.74, 6) is -0.571. The van der Waals surface area contributed by atoms with Gasteiger partial charge in [0, 0.05) is 47.2 Å². The third-order valence-electron chi connectivity index (χ3n) is 5.60. The Labute approximate surface area is 172 Å². The number of nitrogens with zero attached hydrogens (tertiary/aromatic N) is 2. The summed E-state index contributed by atoms with van der Waals surface area (Å²) in [7, 11) is 0. The Hall–Kier alpha value is -2.99. The quantitative estimate of drug-likeness (QED) is 0.521. The molecule has 0 saturated carbocycles. The number of amides is 1. The molecule has 2 aromatic rings. The molecular formula is C22H19ClN2O4. The van der Waals surface area contributed by atoms with Crippen LogP contribution < -0.4 is 4.90 Å². The lowest BCUT2D eigenvalue weighted by molar-refractivity contribution is -0.384. The number of nitro benzene ring substituents is 1. The Bertz CT molecular complexity index is 1080. The summed E-state index contributed by atoms with van der Waals surface area (Å²) in [6, 6.07) is 11.7. The molecule has 0 N–H and O–H groups in total. The zero-order chi connectivity index (χ0) is 20.7. The van der Waals surface area contributed by atoms with E-state index in [0.717, 1.165) is 11.1 Å². The number of non-ortho nitro benzene ring substituents is 1. The number of Topliss-reactive ketones (excluding diaryl/α,β-unsaturated/α-hetero) is 1. The number of carbonyl (C=O) groups excluding carboxylic acids is 2. The number of rotatable bonds is 3. The van der Waals surface area contributed by atoms with Crippen molar-refractivity contribution in [1.29, 1.82) is 0 Å². The van der Waals surface area contributed by atoms with Gasteiger partial charge in [0.05, 0.1) is 10.6 Å². The molecular weight excluding hydrogens is 392 g/mol. The van der Waals surface area contributed by atoms with Gasteiger partial charge in [0.25, 0.3) is 5.69 Å². The normalized spacial score (nSPS) is 19.4. The van der Waals surface area contributed by atoms with E-state index in [1.165, 1.54) is 17.0 Å². The predicted molar refractivity (Wildman–Crippen MR) is 110 cm³/mol. The van der Waals surface area contributed by atoms with Gasteiger partial charge in [-0.05, 0) is 37.0 Å². The van der Waals surface area contributed by atoms with Gasteiger partial charge in [0.15, 0.2) is 5.78 Å². The highest BCUT2D eigenvalue weighted by molar-refractivity contribution is 6.31. The van der Waals surface area contributed by atoms with E-state index in [-0.39, 0.29) is 23.8 Å². The van der Waals surface area contributed by atoms with Crippen LogP contribution in [-0.2, 0) is 9.59 Å². The summed E-state index contributed by atoms with van der Waals surface area (Å²) in [4.78, 5) is 38.5. The lowest BCUT2D eigenvalue weighted by Crippen LogP contribution is -2.41. The third-order valence-corrected chi connectivity index (χ3v) is 5.94. The van der Waals surface area contributed by atoms with E-state index in [1.54, 1.807) is 19.1 Å². The number of hydrogen-bond acceptors (Lipinski definition) is 4. The fraction of sp³-hybridized carbons (Fsp3) is 0.273. The standard InChI is InChI=1S/C22H19ClN2O4/c1-13-9-10-14(25(28)29)11-19(13)24-18-7-4-8-20(26)22(18)16(12-21(24)27)15-5-2-3-6-17(15)23/h2-3,5-6,9-11,16H,4,7-8,12H2,1H3. The summed E-state index contributed by atoms with van der Waals surface area (Å²) >= 11 is 6.38. The van der Waals surface area contributed by atoms with Crippen molar-refractivity contribution in [3.05, 3.63) is 80.0 Å². The fourth-order valence-corrected chi connectivity index (χ4v) is 4.52. The van der Waals surface area contributed by atoms with E-state index >= 15 is 0 Å². The fourth-order valence-electron chi connectivity index (χ4n) is 4.25. The number of carbonyl (C=O) groups is 2. The minimum Gasteiger partial charge on any atom is -0.294 e. The zero-order valence-electron chi connectivity index (χ0n) is 15.9. The van der Waals surface area contributed by atoms with E-state index in [9.17, 15) is 19.7 Å². The van der Waals surface area contributed by atoms with E-state index in [2.05, 4.69) is 0 Å². The van der Waals surface area contributed by atoms with Gasteiger partial charge >= 0.3 is 0 Å². The number of nitro groups is 1. The summed E-state index contributed by atoms with van der Waals surface area (Å²) in [6.45, 7) is 1.80. The first-order valence-corrected chi connectivity index (χ1v) is 9.85. The van der Waals surface area contributed by atoms with E-state index < -0.39 is 10.8 Å². The van der Waals surface area contributed by atoms with Crippen LogP contribution >= 0.6 is 11.6 Å². The van der Waals surface area contributed by atoms with Crippen LogP contribution in [0, 0.1) is 17.0 Å². The Kier molecular flexibility index (Phi) is 4.96. The van der Waals surface area contributed by atoms with Crippen LogP contribution in [0.25, 0.3) is 0 Å². The van der Waals surface area contributed by atoms with Crippen LogP contribution in [0.4, 0.5) is 11.4 Å². The topological polar surface area (TPSA) is 80.5 Å².